The third-order valence-corrected chi connectivity index (χ3v) is 5.90. The van der Waals surface area contributed by atoms with Crippen molar-refractivity contribution in [1.82, 2.24) is 9.78 Å². The third kappa shape index (κ3) is 4.05. The van der Waals surface area contributed by atoms with E-state index in [1.165, 1.54) is 4.68 Å². The highest BCUT2D eigenvalue weighted by atomic mass is 32.1. The molecule has 0 saturated carbocycles. The fraction of sp³-hybridized carbons (Fsp3) is 0.217. The minimum absolute atomic E-state index is 0.0448. The van der Waals surface area contributed by atoms with Crippen molar-refractivity contribution in [3.05, 3.63) is 75.9 Å². The Morgan fingerprint density at radius 2 is 1.94 bits per heavy atom. The van der Waals surface area contributed by atoms with Gasteiger partial charge in [-0.25, -0.2) is 4.68 Å². The fourth-order valence-corrected chi connectivity index (χ4v) is 4.27. The molecular formula is C23H20N2O5S. The van der Waals surface area contributed by atoms with E-state index in [1.54, 1.807) is 17.4 Å². The molecule has 2 aromatic heterocycles. The molecule has 2 aromatic carbocycles. The molecule has 158 valence electrons. The van der Waals surface area contributed by atoms with Crippen molar-refractivity contribution in [2.75, 3.05) is 13.4 Å². The monoisotopic (exact) mass is 436 g/mol. The molecule has 7 nitrogen and oxygen atoms in total. The van der Waals surface area contributed by atoms with Gasteiger partial charge in [-0.3, -0.25) is 4.79 Å². The first kappa shape index (κ1) is 19.7. The van der Waals surface area contributed by atoms with Crippen LogP contribution in [-0.2, 0) is 17.9 Å². The van der Waals surface area contributed by atoms with Crippen LogP contribution < -0.4 is 15.0 Å². The Kier molecular flexibility index (Phi) is 5.42. The fourth-order valence-electron chi connectivity index (χ4n) is 3.55. The summed E-state index contributed by atoms with van der Waals surface area (Å²) in [7, 11) is 0. The van der Waals surface area contributed by atoms with Crippen LogP contribution in [0.4, 0.5) is 0 Å². The Hall–Kier alpha value is -3.20. The normalized spacial score (nSPS) is 13.6. The Balaban J connectivity index is 1.31. The molecule has 0 fully saturated rings. The molecule has 0 saturated heterocycles. The summed E-state index contributed by atoms with van der Waals surface area (Å²) in [5.74, 6) is 1.40. The van der Waals surface area contributed by atoms with Crippen molar-refractivity contribution in [2.24, 2.45) is 0 Å². The van der Waals surface area contributed by atoms with Gasteiger partial charge in [-0.15, -0.1) is 11.3 Å². The molecule has 4 aromatic rings. The van der Waals surface area contributed by atoms with E-state index in [9.17, 15) is 9.90 Å². The van der Waals surface area contributed by atoms with Gasteiger partial charge in [-0.2, -0.15) is 5.10 Å². The van der Waals surface area contributed by atoms with Gasteiger partial charge in [-0.05, 0) is 35.2 Å². The Bertz CT molecular complexity index is 1270. The van der Waals surface area contributed by atoms with Crippen molar-refractivity contribution in [3.63, 3.8) is 0 Å². The molecule has 1 aliphatic heterocycles. The van der Waals surface area contributed by atoms with Gasteiger partial charge in [-0.1, -0.05) is 30.3 Å². The summed E-state index contributed by atoms with van der Waals surface area (Å²) in [4.78, 5) is 13.9. The zero-order valence-electron chi connectivity index (χ0n) is 16.6. The molecule has 5 rings (SSSR count). The van der Waals surface area contributed by atoms with Crippen molar-refractivity contribution >= 4 is 22.1 Å². The number of aromatic nitrogens is 2. The van der Waals surface area contributed by atoms with Crippen LogP contribution in [0.1, 0.15) is 5.56 Å². The van der Waals surface area contributed by atoms with E-state index in [2.05, 4.69) is 5.10 Å². The maximum Gasteiger partial charge on any atom is 0.274 e. The van der Waals surface area contributed by atoms with Gasteiger partial charge in [0.15, 0.2) is 11.5 Å². The molecule has 0 radical (unpaired) electrons. The number of thiophene rings is 1. The van der Waals surface area contributed by atoms with Gasteiger partial charge < -0.3 is 19.3 Å². The number of nitrogens with zero attached hydrogens (tertiary/aromatic N) is 2. The lowest BCUT2D eigenvalue weighted by molar-refractivity contribution is 0.0181. The maximum absolute atomic E-state index is 12.9. The van der Waals surface area contributed by atoms with Crippen molar-refractivity contribution in [1.29, 1.82) is 0 Å². The molecule has 1 atom stereocenters. The average Bonchev–Trinajstić information content (AvgIpc) is 3.47. The van der Waals surface area contributed by atoms with Crippen LogP contribution in [0.25, 0.3) is 21.3 Å². The maximum atomic E-state index is 12.9. The zero-order valence-corrected chi connectivity index (χ0v) is 17.4. The van der Waals surface area contributed by atoms with Crippen LogP contribution in [0, 0.1) is 0 Å². The first-order chi connectivity index (χ1) is 15.2. The number of aliphatic hydroxyl groups is 1. The standard InChI is InChI=1S/C23H20N2O5S/c26-16(13-28-12-15-7-8-19-20(10-15)30-14-29-19)11-25-23(27)18-5-2-1-4-17(18)22(24-25)21-6-3-9-31-21/h1-10,16,26H,11-14H2. The molecule has 1 unspecified atom stereocenters. The molecular weight excluding hydrogens is 416 g/mol. The SMILES string of the molecule is O=c1c2ccccc2c(-c2cccs2)nn1CC(O)COCc1ccc2c(c1)OCO2. The summed E-state index contributed by atoms with van der Waals surface area (Å²) >= 11 is 1.56. The lowest BCUT2D eigenvalue weighted by Gasteiger charge is -2.14. The largest absolute Gasteiger partial charge is 0.454 e. The number of aliphatic hydroxyl groups excluding tert-OH is 1. The molecule has 1 N–H and O–H groups in total. The van der Waals surface area contributed by atoms with Gasteiger partial charge in [0.2, 0.25) is 6.79 Å². The van der Waals surface area contributed by atoms with E-state index in [-0.39, 0.29) is 25.5 Å². The predicted octanol–water partition coefficient (Wildman–Crippen LogP) is 3.43. The highest BCUT2D eigenvalue weighted by molar-refractivity contribution is 7.13. The second kappa shape index (κ2) is 8.50. The molecule has 0 aliphatic carbocycles. The Morgan fingerprint density at radius 3 is 2.77 bits per heavy atom. The van der Waals surface area contributed by atoms with E-state index in [1.807, 2.05) is 53.9 Å². The number of rotatable bonds is 7. The number of hydrogen-bond donors (Lipinski definition) is 1. The minimum atomic E-state index is -0.878. The summed E-state index contributed by atoms with van der Waals surface area (Å²) < 4.78 is 17.6. The highest BCUT2D eigenvalue weighted by Crippen LogP contribution is 2.32. The molecule has 31 heavy (non-hydrogen) atoms. The van der Waals surface area contributed by atoms with Gasteiger partial charge >= 0.3 is 0 Å². The molecule has 1 aliphatic rings. The first-order valence-electron chi connectivity index (χ1n) is 9.87. The first-order valence-corrected chi connectivity index (χ1v) is 10.7. The van der Waals surface area contributed by atoms with Crippen LogP contribution in [-0.4, -0.2) is 34.4 Å². The topological polar surface area (TPSA) is 82.8 Å². The van der Waals surface area contributed by atoms with Crippen molar-refractivity contribution < 1.29 is 19.3 Å². The van der Waals surface area contributed by atoms with E-state index in [0.29, 0.717) is 23.5 Å². The van der Waals surface area contributed by atoms with Crippen molar-refractivity contribution in [3.8, 4) is 22.1 Å². The van der Waals surface area contributed by atoms with E-state index < -0.39 is 6.10 Å². The smallest absolute Gasteiger partial charge is 0.274 e. The van der Waals surface area contributed by atoms with Crippen LogP contribution in [0.2, 0.25) is 0 Å². The lowest BCUT2D eigenvalue weighted by atomic mass is 10.1. The average molecular weight is 436 g/mol. The van der Waals surface area contributed by atoms with Crippen LogP contribution in [0.15, 0.2) is 64.8 Å². The zero-order chi connectivity index (χ0) is 21.2. The molecule has 0 amide bonds. The van der Waals surface area contributed by atoms with Gasteiger partial charge in [0, 0.05) is 5.39 Å². The summed E-state index contributed by atoms with van der Waals surface area (Å²) in [6.45, 7) is 0.653. The third-order valence-electron chi connectivity index (χ3n) is 5.02. The number of ether oxygens (including phenoxy) is 3. The Morgan fingerprint density at radius 1 is 1.10 bits per heavy atom. The number of fused-ring (bicyclic) bond motifs is 2. The summed E-state index contributed by atoms with van der Waals surface area (Å²) in [6.07, 6.45) is -0.878. The van der Waals surface area contributed by atoms with Crippen molar-refractivity contribution in [2.45, 2.75) is 19.3 Å². The number of benzene rings is 2. The predicted molar refractivity (Wildman–Crippen MR) is 118 cm³/mol. The second-order valence-electron chi connectivity index (χ2n) is 7.22. The van der Waals surface area contributed by atoms with E-state index >= 15 is 0 Å². The van der Waals surface area contributed by atoms with E-state index in [0.717, 1.165) is 21.5 Å². The van der Waals surface area contributed by atoms with Crippen LogP contribution in [0.3, 0.4) is 0 Å². The van der Waals surface area contributed by atoms with Crippen LogP contribution in [0.5, 0.6) is 11.5 Å². The quantitative estimate of drug-likeness (QED) is 0.478. The van der Waals surface area contributed by atoms with Gasteiger partial charge in [0.05, 0.1) is 36.1 Å². The molecule has 0 spiro atoms. The minimum Gasteiger partial charge on any atom is -0.454 e. The van der Waals surface area contributed by atoms with Gasteiger partial charge in [0.1, 0.15) is 5.69 Å². The molecule has 8 heteroatoms. The summed E-state index contributed by atoms with van der Waals surface area (Å²) in [5, 5.41) is 18.4. The Labute approximate surface area is 182 Å². The number of hydrogen-bond acceptors (Lipinski definition) is 7. The lowest BCUT2D eigenvalue weighted by Crippen LogP contribution is -2.31. The second-order valence-corrected chi connectivity index (χ2v) is 8.16. The highest BCUT2D eigenvalue weighted by Gasteiger charge is 2.16. The van der Waals surface area contributed by atoms with Gasteiger partial charge in [0.25, 0.3) is 5.56 Å². The summed E-state index contributed by atoms with van der Waals surface area (Å²) in [6, 6.07) is 16.9. The molecule has 3 heterocycles. The van der Waals surface area contributed by atoms with Crippen LogP contribution >= 0.6 is 11.3 Å². The molecule has 0 bridgehead atoms. The summed E-state index contributed by atoms with van der Waals surface area (Å²) in [5.41, 5.74) is 1.42. The van der Waals surface area contributed by atoms with E-state index in [4.69, 9.17) is 14.2 Å².